The zero-order valence-electron chi connectivity index (χ0n) is 12.1. The number of ketones is 2. The van der Waals surface area contributed by atoms with Crippen LogP contribution in [0, 0.1) is 11.3 Å². The lowest BCUT2D eigenvalue weighted by molar-refractivity contribution is -0.141. The highest BCUT2D eigenvalue weighted by atomic mass is 16.2. The molecular formula is C17H21NO2. The molecule has 1 N–H and O–H groups in total. The molecule has 1 aromatic carbocycles. The van der Waals surface area contributed by atoms with Crippen LogP contribution < -0.4 is 5.32 Å². The monoisotopic (exact) mass is 271 g/mol. The molecule has 3 rings (SSSR count). The van der Waals surface area contributed by atoms with E-state index >= 15 is 0 Å². The van der Waals surface area contributed by atoms with E-state index in [0.29, 0.717) is 12.8 Å². The minimum absolute atomic E-state index is 0.0976. The minimum atomic E-state index is -0.496. The summed E-state index contributed by atoms with van der Waals surface area (Å²) in [6.07, 6.45) is 1.97. The van der Waals surface area contributed by atoms with Crippen molar-refractivity contribution in [3.05, 3.63) is 35.4 Å². The van der Waals surface area contributed by atoms with Crippen LogP contribution in [0.5, 0.6) is 0 Å². The van der Waals surface area contributed by atoms with E-state index in [1.165, 1.54) is 5.56 Å². The van der Waals surface area contributed by atoms with Crippen molar-refractivity contribution >= 4 is 11.6 Å². The van der Waals surface area contributed by atoms with Gasteiger partial charge in [0.05, 0.1) is 5.92 Å². The van der Waals surface area contributed by atoms with Crippen molar-refractivity contribution in [2.24, 2.45) is 11.3 Å². The third kappa shape index (κ3) is 2.31. The van der Waals surface area contributed by atoms with Gasteiger partial charge in [0.25, 0.3) is 0 Å². The largest absolute Gasteiger partial charge is 0.309 e. The number of rotatable bonds is 1. The van der Waals surface area contributed by atoms with Crippen molar-refractivity contribution in [3.63, 3.8) is 0 Å². The molecule has 0 unspecified atom stereocenters. The van der Waals surface area contributed by atoms with Gasteiger partial charge in [0, 0.05) is 18.9 Å². The number of carbonyl (C=O) groups excluding carboxylic acids is 2. The van der Waals surface area contributed by atoms with Gasteiger partial charge in [0.1, 0.15) is 11.6 Å². The van der Waals surface area contributed by atoms with Gasteiger partial charge in [-0.1, -0.05) is 38.1 Å². The van der Waals surface area contributed by atoms with Crippen LogP contribution in [0.25, 0.3) is 0 Å². The van der Waals surface area contributed by atoms with Gasteiger partial charge in [0.2, 0.25) is 0 Å². The maximum Gasteiger partial charge on any atom is 0.145 e. The van der Waals surface area contributed by atoms with Crippen molar-refractivity contribution in [2.45, 2.75) is 39.2 Å². The van der Waals surface area contributed by atoms with Crippen LogP contribution in [-0.4, -0.2) is 18.1 Å². The molecule has 3 heteroatoms. The van der Waals surface area contributed by atoms with Crippen molar-refractivity contribution in [1.82, 2.24) is 5.32 Å². The van der Waals surface area contributed by atoms with Crippen molar-refractivity contribution < 1.29 is 9.59 Å². The van der Waals surface area contributed by atoms with E-state index in [4.69, 9.17) is 0 Å². The van der Waals surface area contributed by atoms with Crippen LogP contribution in [-0.2, 0) is 16.0 Å². The first-order valence-corrected chi connectivity index (χ1v) is 7.34. The third-order valence-corrected chi connectivity index (χ3v) is 4.48. The summed E-state index contributed by atoms with van der Waals surface area (Å²) in [5.74, 6) is -0.301. The van der Waals surface area contributed by atoms with Gasteiger partial charge in [-0.2, -0.15) is 0 Å². The highest BCUT2D eigenvalue weighted by Crippen LogP contribution is 2.40. The van der Waals surface area contributed by atoms with Gasteiger partial charge >= 0.3 is 0 Å². The zero-order valence-corrected chi connectivity index (χ0v) is 12.1. The second-order valence-electron chi connectivity index (χ2n) is 6.81. The first kappa shape index (κ1) is 13.5. The number of Topliss-reactive ketones (excluding diaryl/α,β-unsaturated/α-hetero) is 2. The molecule has 0 aromatic heterocycles. The zero-order chi connectivity index (χ0) is 14.3. The van der Waals surface area contributed by atoms with E-state index < -0.39 is 5.92 Å². The Morgan fingerprint density at radius 1 is 1.10 bits per heavy atom. The van der Waals surface area contributed by atoms with Gasteiger partial charge < -0.3 is 5.32 Å². The Bertz CT molecular complexity index is 542. The first-order valence-electron chi connectivity index (χ1n) is 7.34. The number of fused-ring (bicyclic) bond motifs is 1. The average molecular weight is 271 g/mol. The fourth-order valence-electron chi connectivity index (χ4n) is 3.61. The first-order chi connectivity index (χ1) is 9.48. The average Bonchev–Trinajstić information content (AvgIpc) is 2.36. The molecule has 3 nitrogen and oxygen atoms in total. The van der Waals surface area contributed by atoms with Crippen LogP contribution in [0.4, 0.5) is 0 Å². The van der Waals surface area contributed by atoms with Crippen molar-refractivity contribution in [3.8, 4) is 0 Å². The van der Waals surface area contributed by atoms with E-state index in [0.717, 1.165) is 18.5 Å². The van der Waals surface area contributed by atoms with Crippen molar-refractivity contribution in [2.75, 3.05) is 6.54 Å². The number of nitrogens with one attached hydrogen (secondary N) is 1. The standard InChI is InChI=1S/C17H21NO2/c1-17(2)9-13(19)15(14(20)10-17)16-12-6-4-3-5-11(12)7-8-18-16/h3-6,15-16,18H,7-10H2,1-2H3/t16-/m0/s1. The molecule has 1 saturated carbocycles. The number of benzene rings is 1. The highest BCUT2D eigenvalue weighted by Gasteiger charge is 2.44. The molecule has 106 valence electrons. The molecule has 1 fully saturated rings. The Morgan fingerprint density at radius 3 is 2.45 bits per heavy atom. The van der Waals surface area contributed by atoms with Crippen LogP contribution in [0.15, 0.2) is 24.3 Å². The lowest BCUT2D eigenvalue weighted by atomic mass is 9.68. The Kier molecular flexibility index (Phi) is 3.25. The molecule has 1 atom stereocenters. The molecule has 0 bridgehead atoms. The second-order valence-corrected chi connectivity index (χ2v) is 6.81. The maximum absolute atomic E-state index is 12.5. The molecule has 1 aromatic rings. The summed E-state index contributed by atoms with van der Waals surface area (Å²) in [4.78, 5) is 24.9. The lowest BCUT2D eigenvalue weighted by Gasteiger charge is -2.38. The summed E-state index contributed by atoms with van der Waals surface area (Å²) in [6.45, 7) is 4.84. The third-order valence-electron chi connectivity index (χ3n) is 4.48. The second kappa shape index (κ2) is 4.81. The summed E-state index contributed by atoms with van der Waals surface area (Å²) in [5, 5.41) is 3.39. The van der Waals surface area contributed by atoms with Crippen LogP contribution in [0.1, 0.15) is 43.9 Å². The quantitative estimate of drug-likeness (QED) is 0.798. The Balaban J connectivity index is 1.94. The fraction of sp³-hybridized carbons (Fsp3) is 0.529. The molecule has 1 aliphatic heterocycles. The van der Waals surface area contributed by atoms with Crippen LogP contribution in [0.3, 0.4) is 0 Å². The summed E-state index contributed by atoms with van der Waals surface area (Å²) in [6, 6.07) is 8.03. The van der Waals surface area contributed by atoms with E-state index in [1.54, 1.807) is 0 Å². The fourth-order valence-corrected chi connectivity index (χ4v) is 3.61. The Labute approximate surface area is 119 Å². The predicted molar refractivity (Wildman–Crippen MR) is 77.4 cm³/mol. The molecule has 1 heterocycles. The molecule has 0 spiro atoms. The maximum atomic E-state index is 12.5. The Hall–Kier alpha value is -1.48. The predicted octanol–water partition coefficient (Wildman–Crippen LogP) is 2.45. The molecule has 2 aliphatic rings. The molecule has 0 saturated heterocycles. The highest BCUT2D eigenvalue weighted by molar-refractivity contribution is 6.06. The van der Waals surface area contributed by atoms with Gasteiger partial charge in [-0.15, -0.1) is 0 Å². The van der Waals surface area contributed by atoms with E-state index in [1.807, 2.05) is 32.0 Å². The summed E-state index contributed by atoms with van der Waals surface area (Å²) < 4.78 is 0. The molecule has 1 aliphatic carbocycles. The van der Waals surface area contributed by atoms with Gasteiger partial charge in [-0.05, 0) is 29.5 Å². The Morgan fingerprint density at radius 2 is 1.75 bits per heavy atom. The lowest BCUT2D eigenvalue weighted by Crippen LogP contribution is -2.46. The molecule has 0 amide bonds. The molecule has 0 radical (unpaired) electrons. The van der Waals surface area contributed by atoms with E-state index in [9.17, 15) is 9.59 Å². The van der Waals surface area contributed by atoms with Gasteiger partial charge in [-0.3, -0.25) is 9.59 Å². The van der Waals surface area contributed by atoms with Crippen LogP contribution >= 0.6 is 0 Å². The summed E-state index contributed by atoms with van der Waals surface area (Å²) >= 11 is 0. The number of carbonyl (C=O) groups is 2. The van der Waals surface area contributed by atoms with Gasteiger partial charge in [0.15, 0.2) is 0 Å². The van der Waals surface area contributed by atoms with Crippen molar-refractivity contribution in [1.29, 1.82) is 0 Å². The molecular weight excluding hydrogens is 250 g/mol. The topological polar surface area (TPSA) is 46.2 Å². The number of hydrogen-bond donors (Lipinski definition) is 1. The van der Waals surface area contributed by atoms with Gasteiger partial charge in [-0.25, -0.2) is 0 Å². The van der Waals surface area contributed by atoms with E-state index in [2.05, 4.69) is 11.4 Å². The smallest absolute Gasteiger partial charge is 0.145 e. The van der Waals surface area contributed by atoms with Crippen LogP contribution in [0.2, 0.25) is 0 Å². The summed E-state index contributed by atoms with van der Waals surface area (Å²) in [5.41, 5.74) is 2.21. The SMILES string of the molecule is CC1(C)CC(=O)C([C@H]2NCCc3ccccc32)C(=O)C1. The molecule has 20 heavy (non-hydrogen) atoms. The normalized spacial score (nSPS) is 26.4. The number of hydrogen-bond acceptors (Lipinski definition) is 3. The van der Waals surface area contributed by atoms with E-state index in [-0.39, 0.29) is 23.0 Å². The summed E-state index contributed by atoms with van der Waals surface area (Å²) in [7, 11) is 0. The minimum Gasteiger partial charge on any atom is -0.309 e.